The number of esters is 1. The van der Waals surface area contributed by atoms with Gasteiger partial charge in [-0.2, -0.15) is 0 Å². The van der Waals surface area contributed by atoms with Crippen molar-refractivity contribution in [3.8, 4) is 11.1 Å². The molecule has 6 heteroatoms. The molecule has 31 heavy (non-hydrogen) atoms. The Hall–Kier alpha value is -3.44. The predicted octanol–water partition coefficient (Wildman–Crippen LogP) is 4.05. The van der Waals surface area contributed by atoms with Crippen LogP contribution in [0.4, 0.5) is 0 Å². The molecule has 0 fully saturated rings. The number of amides is 1. The fourth-order valence-corrected chi connectivity index (χ4v) is 3.15. The quantitative estimate of drug-likeness (QED) is 0.313. The van der Waals surface area contributed by atoms with E-state index < -0.39 is 24.5 Å². The molecule has 0 radical (unpaired) electrons. The van der Waals surface area contributed by atoms with Crippen LogP contribution in [0.2, 0.25) is 0 Å². The second-order valence-corrected chi connectivity index (χ2v) is 7.18. The van der Waals surface area contributed by atoms with Crippen molar-refractivity contribution in [2.24, 2.45) is 0 Å². The molecule has 0 aliphatic heterocycles. The second-order valence-electron chi connectivity index (χ2n) is 6.92. The summed E-state index contributed by atoms with van der Waals surface area (Å²) in [6.45, 7) is -0.411. The molecule has 3 rings (SSSR count). The summed E-state index contributed by atoms with van der Waals surface area (Å²) < 4.78 is 5.21. The maximum atomic E-state index is 12.5. The minimum absolute atomic E-state index is 0.238. The highest BCUT2D eigenvalue weighted by molar-refractivity contribution is 6.27. The van der Waals surface area contributed by atoms with Crippen molar-refractivity contribution in [1.82, 2.24) is 5.32 Å². The summed E-state index contributed by atoms with van der Waals surface area (Å²) in [5.74, 6) is -1.76. The Morgan fingerprint density at radius 1 is 0.806 bits per heavy atom. The number of Topliss-reactive ketones (excluding diaryl/α,β-unsaturated/α-hetero) is 1. The normalized spacial score (nSPS) is 11.4. The fraction of sp³-hybridized carbons (Fsp3) is 0.160. The Morgan fingerprint density at radius 3 is 2.00 bits per heavy atom. The summed E-state index contributed by atoms with van der Waals surface area (Å²) in [6, 6.07) is 25.2. The first-order chi connectivity index (χ1) is 15.1. The molecule has 1 N–H and O–H groups in total. The Labute approximate surface area is 186 Å². The molecule has 1 atom stereocenters. The number of carbonyl (C=O) groups is 3. The zero-order valence-electron chi connectivity index (χ0n) is 16.8. The topological polar surface area (TPSA) is 72.5 Å². The maximum Gasteiger partial charge on any atom is 0.329 e. The van der Waals surface area contributed by atoms with Gasteiger partial charge in [0.25, 0.3) is 0 Å². The molecule has 3 aromatic rings. The summed E-state index contributed by atoms with van der Waals surface area (Å²) in [7, 11) is 0. The van der Waals surface area contributed by atoms with Gasteiger partial charge in [0.2, 0.25) is 5.91 Å². The van der Waals surface area contributed by atoms with Crippen molar-refractivity contribution < 1.29 is 19.1 Å². The van der Waals surface area contributed by atoms with E-state index >= 15 is 0 Å². The van der Waals surface area contributed by atoms with E-state index in [0.29, 0.717) is 5.56 Å². The third kappa shape index (κ3) is 6.52. The van der Waals surface area contributed by atoms with E-state index in [1.807, 2.05) is 72.8 Å². The third-order valence-electron chi connectivity index (χ3n) is 4.68. The predicted molar refractivity (Wildman–Crippen MR) is 120 cm³/mol. The van der Waals surface area contributed by atoms with E-state index in [9.17, 15) is 14.4 Å². The number of carbonyl (C=O) groups excluding carboxylic acids is 3. The number of alkyl halides is 1. The van der Waals surface area contributed by atoms with Crippen molar-refractivity contribution in [3.05, 3.63) is 96.1 Å². The number of ether oxygens (including phenoxy) is 1. The van der Waals surface area contributed by atoms with Crippen LogP contribution < -0.4 is 5.32 Å². The van der Waals surface area contributed by atoms with Crippen LogP contribution in [0.15, 0.2) is 84.9 Å². The average molecular weight is 436 g/mol. The van der Waals surface area contributed by atoms with Crippen LogP contribution in [-0.2, 0) is 20.7 Å². The van der Waals surface area contributed by atoms with Crippen molar-refractivity contribution in [3.63, 3.8) is 0 Å². The van der Waals surface area contributed by atoms with E-state index in [0.717, 1.165) is 16.7 Å². The van der Waals surface area contributed by atoms with Crippen LogP contribution in [0.1, 0.15) is 15.9 Å². The molecule has 0 aromatic heterocycles. The highest BCUT2D eigenvalue weighted by Crippen LogP contribution is 2.19. The lowest BCUT2D eigenvalue weighted by Crippen LogP contribution is -2.44. The number of halogens is 1. The van der Waals surface area contributed by atoms with Crippen LogP contribution in [0.25, 0.3) is 11.1 Å². The molecule has 0 aliphatic rings. The standard InChI is InChI=1S/C25H22ClNO4/c26-16-24(29)27-22(15-18-7-3-1-4-8-18)25(30)31-17-23(28)21-13-11-20(12-14-21)19-9-5-2-6-10-19/h1-14,22H,15-17H2,(H,27,29)/t22-/m1/s1. The Balaban J connectivity index is 1.61. The van der Waals surface area contributed by atoms with E-state index in [4.69, 9.17) is 16.3 Å². The number of ketones is 1. The number of benzene rings is 3. The Bertz CT molecular complexity index is 1020. The van der Waals surface area contributed by atoms with Gasteiger partial charge in [0.1, 0.15) is 11.9 Å². The third-order valence-corrected chi connectivity index (χ3v) is 4.93. The second kappa shape index (κ2) is 11.1. The highest BCUT2D eigenvalue weighted by Gasteiger charge is 2.23. The van der Waals surface area contributed by atoms with Gasteiger partial charge in [-0.3, -0.25) is 9.59 Å². The largest absolute Gasteiger partial charge is 0.456 e. The average Bonchev–Trinajstić information content (AvgIpc) is 2.83. The smallest absolute Gasteiger partial charge is 0.329 e. The molecular formula is C25H22ClNO4. The molecule has 158 valence electrons. The van der Waals surface area contributed by atoms with Crippen LogP contribution in [0.5, 0.6) is 0 Å². The summed E-state index contributed by atoms with van der Waals surface area (Å²) in [5.41, 5.74) is 3.33. The van der Waals surface area contributed by atoms with Gasteiger partial charge >= 0.3 is 5.97 Å². The van der Waals surface area contributed by atoms with E-state index in [-0.39, 0.29) is 18.1 Å². The van der Waals surface area contributed by atoms with Crippen molar-refractivity contribution in [1.29, 1.82) is 0 Å². The number of hydrogen-bond acceptors (Lipinski definition) is 4. The molecule has 0 spiro atoms. The fourth-order valence-electron chi connectivity index (χ4n) is 3.08. The Kier molecular flexibility index (Phi) is 7.96. The molecule has 5 nitrogen and oxygen atoms in total. The maximum absolute atomic E-state index is 12.5. The molecule has 0 saturated carbocycles. The first kappa shape index (κ1) is 22.2. The van der Waals surface area contributed by atoms with Crippen molar-refractivity contribution in [2.75, 3.05) is 12.5 Å². The van der Waals surface area contributed by atoms with Gasteiger partial charge in [-0.05, 0) is 16.7 Å². The first-order valence-corrected chi connectivity index (χ1v) is 10.3. The molecule has 0 unspecified atom stereocenters. The van der Waals surface area contributed by atoms with Crippen molar-refractivity contribution >= 4 is 29.3 Å². The van der Waals surface area contributed by atoms with E-state index in [2.05, 4.69) is 5.32 Å². The highest BCUT2D eigenvalue weighted by atomic mass is 35.5. The molecule has 1 amide bonds. The van der Waals surface area contributed by atoms with Crippen molar-refractivity contribution in [2.45, 2.75) is 12.5 Å². The molecular weight excluding hydrogens is 414 g/mol. The van der Waals surface area contributed by atoms with E-state index in [1.54, 1.807) is 12.1 Å². The first-order valence-electron chi connectivity index (χ1n) is 9.81. The zero-order chi connectivity index (χ0) is 22.1. The van der Waals surface area contributed by atoms with Crippen LogP contribution in [0, 0.1) is 0 Å². The monoisotopic (exact) mass is 435 g/mol. The summed E-state index contributed by atoms with van der Waals surface area (Å²) in [5, 5.41) is 2.55. The minimum atomic E-state index is -0.929. The summed E-state index contributed by atoms with van der Waals surface area (Å²) in [4.78, 5) is 36.7. The lowest BCUT2D eigenvalue weighted by molar-refractivity contribution is -0.146. The molecule has 0 bridgehead atoms. The van der Waals surface area contributed by atoms with Gasteiger partial charge in [0, 0.05) is 12.0 Å². The molecule has 3 aromatic carbocycles. The van der Waals surface area contributed by atoms with Crippen LogP contribution >= 0.6 is 11.6 Å². The minimum Gasteiger partial charge on any atom is -0.456 e. The lowest BCUT2D eigenvalue weighted by Gasteiger charge is -2.17. The zero-order valence-corrected chi connectivity index (χ0v) is 17.5. The van der Waals surface area contributed by atoms with Crippen LogP contribution in [-0.4, -0.2) is 36.2 Å². The van der Waals surface area contributed by atoms with Gasteiger partial charge in [-0.1, -0.05) is 84.9 Å². The molecule has 0 aliphatic carbocycles. The van der Waals surface area contributed by atoms with Gasteiger partial charge in [0.05, 0.1) is 0 Å². The molecule has 0 saturated heterocycles. The van der Waals surface area contributed by atoms with Crippen LogP contribution in [0.3, 0.4) is 0 Å². The number of nitrogens with one attached hydrogen (secondary N) is 1. The summed E-state index contributed by atoms with van der Waals surface area (Å²) in [6.07, 6.45) is 0.238. The van der Waals surface area contributed by atoms with Gasteiger partial charge in [-0.25, -0.2) is 4.79 Å². The van der Waals surface area contributed by atoms with Gasteiger partial charge < -0.3 is 10.1 Å². The number of rotatable bonds is 9. The lowest BCUT2D eigenvalue weighted by atomic mass is 10.0. The molecule has 0 heterocycles. The van der Waals surface area contributed by atoms with Gasteiger partial charge in [-0.15, -0.1) is 11.6 Å². The SMILES string of the molecule is O=C(CCl)N[C@H](Cc1ccccc1)C(=O)OCC(=O)c1ccc(-c2ccccc2)cc1. The van der Waals surface area contributed by atoms with Gasteiger partial charge in [0.15, 0.2) is 12.4 Å². The Morgan fingerprint density at radius 2 is 1.39 bits per heavy atom. The van der Waals surface area contributed by atoms with E-state index in [1.165, 1.54) is 0 Å². The summed E-state index contributed by atoms with van der Waals surface area (Å²) >= 11 is 5.55. The number of hydrogen-bond donors (Lipinski definition) is 1.